The van der Waals surface area contributed by atoms with Crippen molar-refractivity contribution in [3.05, 3.63) is 29.3 Å². The Bertz CT molecular complexity index is 300. The van der Waals surface area contributed by atoms with Crippen LogP contribution in [0.4, 0.5) is 5.69 Å². The normalized spacial score (nSPS) is 9.69. The van der Waals surface area contributed by atoms with Gasteiger partial charge in [-0.3, -0.25) is 4.79 Å². The molecule has 0 radical (unpaired) electrons. The summed E-state index contributed by atoms with van der Waals surface area (Å²) in [6.07, 6.45) is 0.245. The van der Waals surface area contributed by atoms with E-state index < -0.39 is 0 Å². The number of rotatable bonds is 2. The van der Waals surface area contributed by atoms with Crippen molar-refractivity contribution in [3.8, 4) is 0 Å². The Labute approximate surface area is 77.5 Å². The molecule has 1 aromatic carbocycles. The average Bonchev–Trinajstić information content (AvgIpc) is 2.11. The summed E-state index contributed by atoms with van der Waals surface area (Å²) in [4.78, 5) is 11.0. The molecule has 0 aliphatic heterocycles. The molecule has 70 valence electrons. The van der Waals surface area contributed by atoms with Crippen LogP contribution < -0.4 is 5.73 Å². The molecule has 1 rings (SSSR count). The molecule has 3 nitrogen and oxygen atoms in total. The van der Waals surface area contributed by atoms with Crippen LogP contribution in [-0.4, -0.2) is 13.1 Å². The fraction of sp³-hybridized carbons (Fsp3) is 0.300. The lowest BCUT2D eigenvalue weighted by molar-refractivity contribution is -0.139. The molecule has 0 aliphatic carbocycles. The van der Waals surface area contributed by atoms with Gasteiger partial charge in [-0.1, -0.05) is 12.1 Å². The van der Waals surface area contributed by atoms with E-state index in [0.717, 1.165) is 11.1 Å². The predicted molar refractivity (Wildman–Crippen MR) is 51.3 cm³/mol. The number of ether oxygens (including phenoxy) is 1. The second-order valence-electron chi connectivity index (χ2n) is 2.90. The summed E-state index contributed by atoms with van der Waals surface area (Å²) in [6.45, 7) is 1.93. The van der Waals surface area contributed by atoms with Gasteiger partial charge < -0.3 is 10.5 Å². The van der Waals surface area contributed by atoms with Crippen molar-refractivity contribution in [1.82, 2.24) is 0 Å². The maximum Gasteiger partial charge on any atom is 0.310 e. The molecule has 3 heteroatoms. The minimum atomic E-state index is -0.263. The predicted octanol–water partition coefficient (Wildman–Crippen LogP) is 1.29. The van der Waals surface area contributed by atoms with Crippen LogP contribution in [0, 0.1) is 6.92 Å². The van der Waals surface area contributed by atoms with E-state index in [2.05, 4.69) is 4.74 Å². The fourth-order valence-corrected chi connectivity index (χ4v) is 1.18. The molecule has 0 saturated heterocycles. The highest BCUT2D eigenvalue weighted by Crippen LogP contribution is 2.16. The third-order valence-corrected chi connectivity index (χ3v) is 2.00. The molecule has 0 heterocycles. The first kappa shape index (κ1) is 9.58. The van der Waals surface area contributed by atoms with Gasteiger partial charge >= 0.3 is 5.97 Å². The monoisotopic (exact) mass is 179 g/mol. The number of carbonyl (C=O) groups excluding carboxylic acids is 1. The van der Waals surface area contributed by atoms with E-state index in [0.29, 0.717) is 5.69 Å². The van der Waals surface area contributed by atoms with Crippen molar-refractivity contribution in [2.45, 2.75) is 13.3 Å². The van der Waals surface area contributed by atoms with Crippen LogP contribution in [0.15, 0.2) is 18.2 Å². The van der Waals surface area contributed by atoms with E-state index in [-0.39, 0.29) is 12.4 Å². The van der Waals surface area contributed by atoms with Crippen molar-refractivity contribution in [2.24, 2.45) is 0 Å². The van der Waals surface area contributed by atoms with Crippen LogP contribution in [0.25, 0.3) is 0 Å². The van der Waals surface area contributed by atoms with E-state index in [1.54, 1.807) is 6.07 Å². The van der Waals surface area contributed by atoms with Gasteiger partial charge in [0, 0.05) is 5.69 Å². The summed E-state index contributed by atoms with van der Waals surface area (Å²) in [5, 5.41) is 0. The molecule has 0 aromatic heterocycles. The molecule has 1 aromatic rings. The number of hydrogen-bond acceptors (Lipinski definition) is 3. The van der Waals surface area contributed by atoms with Crippen LogP contribution in [0.5, 0.6) is 0 Å². The topological polar surface area (TPSA) is 52.3 Å². The Morgan fingerprint density at radius 2 is 2.23 bits per heavy atom. The van der Waals surface area contributed by atoms with Gasteiger partial charge in [-0.25, -0.2) is 0 Å². The first-order valence-corrected chi connectivity index (χ1v) is 4.06. The van der Waals surface area contributed by atoms with Crippen molar-refractivity contribution in [3.63, 3.8) is 0 Å². The average molecular weight is 179 g/mol. The van der Waals surface area contributed by atoms with E-state index >= 15 is 0 Å². The SMILES string of the molecule is COC(=O)Cc1c(C)cccc1N. The second-order valence-corrected chi connectivity index (χ2v) is 2.90. The van der Waals surface area contributed by atoms with Gasteiger partial charge in [0.05, 0.1) is 13.5 Å². The Kier molecular flexibility index (Phi) is 2.90. The fourth-order valence-electron chi connectivity index (χ4n) is 1.18. The third-order valence-electron chi connectivity index (χ3n) is 2.00. The van der Waals surface area contributed by atoms with Gasteiger partial charge in [-0.15, -0.1) is 0 Å². The standard InChI is InChI=1S/C10H13NO2/c1-7-4-3-5-9(11)8(7)6-10(12)13-2/h3-5H,6,11H2,1-2H3. The van der Waals surface area contributed by atoms with Crippen LogP contribution in [0.1, 0.15) is 11.1 Å². The van der Waals surface area contributed by atoms with Crippen LogP contribution in [-0.2, 0) is 16.0 Å². The number of methoxy groups -OCH3 is 1. The third kappa shape index (κ3) is 2.21. The summed E-state index contributed by atoms with van der Waals surface area (Å²) >= 11 is 0. The Balaban J connectivity index is 2.93. The van der Waals surface area contributed by atoms with E-state index in [1.165, 1.54) is 7.11 Å². The largest absolute Gasteiger partial charge is 0.469 e. The van der Waals surface area contributed by atoms with Crippen molar-refractivity contribution in [2.75, 3.05) is 12.8 Å². The Morgan fingerprint density at radius 1 is 1.54 bits per heavy atom. The maximum atomic E-state index is 11.0. The number of esters is 1. The van der Waals surface area contributed by atoms with Gasteiger partial charge in [0.2, 0.25) is 0 Å². The number of carbonyl (C=O) groups is 1. The summed E-state index contributed by atoms with van der Waals surface area (Å²) in [6, 6.07) is 5.57. The summed E-state index contributed by atoms with van der Waals surface area (Å²) in [5.74, 6) is -0.263. The zero-order valence-corrected chi connectivity index (χ0v) is 7.83. The number of aryl methyl sites for hydroxylation is 1. The molecule has 0 saturated carbocycles. The lowest BCUT2D eigenvalue weighted by Gasteiger charge is -2.07. The van der Waals surface area contributed by atoms with E-state index in [4.69, 9.17) is 5.73 Å². The zero-order chi connectivity index (χ0) is 9.84. The smallest absolute Gasteiger partial charge is 0.310 e. The first-order valence-electron chi connectivity index (χ1n) is 4.06. The van der Waals surface area contributed by atoms with Gasteiger partial charge in [0.1, 0.15) is 0 Å². The molecule has 2 N–H and O–H groups in total. The van der Waals surface area contributed by atoms with E-state index in [9.17, 15) is 4.79 Å². The number of hydrogen-bond donors (Lipinski definition) is 1. The molecule has 13 heavy (non-hydrogen) atoms. The lowest BCUT2D eigenvalue weighted by Crippen LogP contribution is -2.08. The van der Waals surface area contributed by atoms with Crippen LogP contribution in [0.2, 0.25) is 0 Å². The minimum Gasteiger partial charge on any atom is -0.469 e. The minimum absolute atomic E-state index is 0.245. The highest BCUT2D eigenvalue weighted by molar-refractivity contribution is 5.75. The molecule has 0 amide bonds. The zero-order valence-electron chi connectivity index (χ0n) is 7.83. The summed E-state index contributed by atoms with van der Waals surface area (Å²) in [5.41, 5.74) is 8.24. The number of nitrogen functional groups attached to an aromatic ring is 1. The molecule has 0 unspecified atom stereocenters. The highest BCUT2D eigenvalue weighted by Gasteiger charge is 2.08. The number of anilines is 1. The summed E-state index contributed by atoms with van der Waals surface area (Å²) < 4.78 is 4.57. The van der Waals surface area contributed by atoms with Crippen molar-refractivity contribution >= 4 is 11.7 Å². The van der Waals surface area contributed by atoms with Gasteiger partial charge in [-0.2, -0.15) is 0 Å². The second kappa shape index (κ2) is 3.94. The first-order chi connectivity index (χ1) is 6.15. The number of nitrogens with two attached hydrogens (primary N) is 1. The molecular formula is C10H13NO2. The van der Waals surface area contributed by atoms with Crippen molar-refractivity contribution in [1.29, 1.82) is 0 Å². The quantitative estimate of drug-likeness (QED) is 0.549. The highest BCUT2D eigenvalue weighted by atomic mass is 16.5. The van der Waals surface area contributed by atoms with Gasteiger partial charge in [0.15, 0.2) is 0 Å². The molecule has 0 spiro atoms. The van der Waals surface area contributed by atoms with Crippen LogP contribution in [0.3, 0.4) is 0 Å². The summed E-state index contributed by atoms with van der Waals surface area (Å²) in [7, 11) is 1.37. The molecule has 0 aliphatic rings. The van der Waals surface area contributed by atoms with Gasteiger partial charge in [0.25, 0.3) is 0 Å². The molecule has 0 bridgehead atoms. The molecule has 0 atom stereocenters. The molecular weight excluding hydrogens is 166 g/mol. The Morgan fingerprint density at radius 3 is 2.77 bits per heavy atom. The van der Waals surface area contributed by atoms with Gasteiger partial charge in [-0.05, 0) is 24.1 Å². The molecule has 0 fully saturated rings. The van der Waals surface area contributed by atoms with E-state index in [1.807, 2.05) is 19.1 Å². The van der Waals surface area contributed by atoms with Crippen LogP contribution >= 0.6 is 0 Å². The van der Waals surface area contributed by atoms with Crippen molar-refractivity contribution < 1.29 is 9.53 Å². The Hall–Kier alpha value is -1.51. The number of benzene rings is 1. The maximum absolute atomic E-state index is 11.0. The lowest BCUT2D eigenvalue weighted by atomic mass is 10.0.